The highest BCUT2D eigenvalue weighted by Gasteiger charge is 2.17. The van der Waals surface area contributed by atoms with Gasteiger partial charge in [0, 0.05) is 17.7 Å². The van der Waals surface area contributed by atoms with Crippen LogP contribution < -0.4 is 15.4 Å². The molecule has 0 bridgehead atoms. The Morgan fingerprint density at radius 2 is 1.41 bits per heavy atom. The molecule has 29 heavy (non-hydrogen) atoms. The lowest BCUT2D eigenvalue weighted by molar-refractivity contribution is 0.0908. The molecule has 0 spiro atoms. The summed E-state index contributed by atoms with van der Waals surface area (Å²) in [4.78, 5) is 25.2. The number of carbonyl (C=O) groups excluding carboxylic acids is 2. The third-order valence-corrected chi connectivity index (χ3v) is 4.64. The SMILES string of the molecule is COc1ccc(C(=O)N[C@@H](CNC(=O)c2ccc(C)cc2)c2ccccc2)cc1. The first kappa shape index (κ1) is 20.1. The van der Waals surface area contributed by atoms with E-state index in [0.717, 1.165) is 11.1 Å². The van der Waals surface area contributed by atoms with Gasteiger partial charge in [-0.3, -0.25) is 9.59 Å². The molecule has 5 heteroatoms. The quantitative estimate of drug-likeness (QED) is 0.645. The molecule has 0 saturated heterocycles. The molecular weight excluding hydrogens is 364 g/mol. The number of benzene rings is 3. The summed E-state index contributed by atoms with van der Waals surface area (Å²) in [6.45, 7) is 2.25. The van der Waals surface area contributed by atoms with E-state index in [2.05, 4.69) is 10.6 Å². The molecule has 0 fully saturated rings. The van der Waals surface area contributed by atoms with E-state index in [0.29, 0.717) is 16.9 Å². The van der Waals surface area contributed by atoms with Gasteiger partial charge in [-0.05, 0) is 48.9 Å². The van der Waals surface area contributed by atoms with Gasteiger partial charge < -0.3 is 15.4 Å². The van der Waals surface area contributed by atoms with Gasteiger partial charge in [0.2, 0.25) is 0 Å². The number of nitrogens with one attached hydrogen (secondary N) is 2. The van der Waals surface area contributed by atoms with Crippen molar-refractivity contribution in [2.24, 2.45) is 0 Å². The molecule has 0 aliphatic rings. The van der Waals surface area contributed by atoms with Crippen LogP contribution in [0, 0.1) is 6.92 Å². The van der Waals surface area contributed by atoms with E-state index < -0.39 is 0 Å². The zero-order valence-corrected chi connectivity index (χ0v) is 16.5. The summed E-state index contributed by atoms with van der Waals surface area (Å²) in [5, 5.41) is 5.93. The summed E-state index contributed by atoms with van der Waals surface area (Å²) in [7, 11) is 1.58. The van der Waals surface area contributed by atoms with Crippen molar-refractivity contribution in [1.82, 2.24) is 10.6 Å². The largest absolute Gasteiger partial charge is 0.497 e. The van der Waals surface area contributed by atoms with Crippen molar-refractivity contribution < 1.29 is 14.3 Å². The normalized spacial score (nSPS) is 11.4. The Kier molecular flexibility index (Phi) is 6.63. The maximum absolute atomic E-state index is 12.7. The molecule has 0 unspecified atom stereocenters. The molecule has 3 aromatic carbocycles. The van der Waals surface area contributed by atoms with Crippen LogP contribution in [0.4, 0.5) is 0 Å². The summed E-state index contributed by atoms with van der Waals surface area (Å²) in [5.41, 5.74) is 3.12. The number of ether oxygens (including phenoxy) is 1. The van der Waals surface area contributed by atoms with Gasteiger partial charge in [0.15, 0.2) is 0 Å². The van der Waals surface area contributed by atoms with Gasteiger partial charge in [-0.15, -0.1) is 0 Å². The van der Waals surface area contributed by atoms with Gasteiger partial charge in [0.05, 0.1) is 13.2 Å². The molecular formula is C24H24N2O3. The zero-order chi connectivity index (χ0) is 20.6. The van der Waals surface area contributed by atoms with E-state index in [1.807, 2.05) is 49.4 Å². The third-order valence-electron chi connectivity index (χ3n) is 4.64. The van der Waals surface area contributed by atoms with E-state index in [9.17, 15) is 9.59 Å². The second-order valence-corrected chi connectivity index (χ2v) is 6.74. The molecule has 0 aliphatic heterocycles. The Bertz CT molecular complexity index is 952. The van der Waals surface area contributed by atoms with Crippen LogP contribution in [0.2, 0.25) is 0 Å². The standard InChI is InChI=1S/C24H24N2O3/c1-17-8-10-19(11-9-17)23(27)25-16-22(18-6-4-3-5-7-18)26-24(28)20-12-14-21(29-2)15-13-20/h3-15,22H,16H2,1-2H3,(H,25,27)(H,26,28)/t22-/m0/s1. The minimum atomic E-state index is -0.361. The highest BCUT2D eigenvalue weighted by Crippen LogP contribution is 2.15. The molecule has 5 nitrogen and oxygen atoms in total. The van der Waals surface area contributed by atoms with Gasteiger partial charge in [-0.25, -0.2) is 0 Å². The van der Waals surface area contributed by atoms with Crippen molar-refractivity contribution in [3.05, 3.63) is 101 Å². The minimum Gasteiger partial charge on any atom is -0.497 e. The monoisotopic (exact) mass is 388 g/mol. The fraction of sp³-hybridized carbons (Fsp3) is 0.167. The van der Waals surface area contributed by atoms with Gasteiger partial charge in [-0.2, -0.15) is 0 Å². The number of aryl methyl sites for hydroxylation is 1. The second kappa shape index (κ2) is 9.55. The third kappa shape index (κ3) is 5.45. The van der Waals surface area contributed by atoms with Crippen LogP contribution in [-0.4, -0.2) is 25.5 Å². The maximum Gasteiger partial charge on any atom is 0.251 e. The van der Waals surface area contributed by atoms with Gasteiger partial charge in [-0.1, -0.05) is 48.0 Å². The second-order valence-electron chi connectivity index (χ2n) is 6.74. The fourth-order valence-electron chi connectivity index (χ4n) is 2.92. The van der Waals surface area contributed by atoms with Gasteiger partial charge in [0.1, 0.15) is 5.75 Å². The summed E-state index contributed by atoms with van der Waals surface area (Å²) in [5.74, 6) is 0.294. The van der Waals surface area contributed by atoms with Crippen molar-refractivity contribution >= 4 is 11.8 Å². The average Bonchev–Trinajstić information content (AvgIpc) is 2.77. The smallest absolute Gasteiger partial charge is 0.251 e. The van der Waals surface area contributed by atoms with Crippen molar-refractivity contribution in [2.75, 3.05) is 13.7 Å². The lowest BCUT2D eigenvalue weighted by Crippen LogP contribution is -2.38. The van der Waals surface area contributed by atoms with Gasteiger partial charge in [0.25, 0.3) is 11.8 Å². The Morgan fingerprint density at radius 1 is 0.828 bits per heavy atom. The highest BCUT2D eigenvalue weighted by atomic mass is 16.5. The van der Waals surface area contributed by atoms with E-state index in [-0.39, 0.29) is 24.4 Å². The number of carbonyl (C=O) groups is 2. The highest BCUT2D eigenvalue weighted by molar-refractivity contribution is 5.95. The van der Waals surface area contributed by atoms with Crippen molar-refractivity contribution in [1.29, 1.82) is 0 Å². The summed E-state index contributed by atoms with van der Waals surface area (Å²) in [6, 6.07) is 23.5. The average molecular weight is 388 g/mol. The van der Waals surface area contributed by atoms with E-state index in [1.165, 1.54) is 0 Å². The van der Waals surface area contributed by atoms with Crippen LogP contribution in [-0.2, 0) is 0 Å². The fourth-order valence-corrected chi connectivity index (χ4v) is 2.92. The van der Waals surface area contributed by atoms with Crippen molar-refractivity contribution in [2.45, 2.75) is 13.0 Å². The van der Waals surface area contributed by atoms with Crippen LogP contribution in [0.15, 0.2) is 78.9 Å². The van der Waals surface area contributed by atoms with Crippen LogP contribution in [0.1, 0.15) is 37.9 Å². The molecule has 2 amide bonds. The van der Waals surface area contributed by atoms with E-state index >= 15 is 0 Å². The summed E-state index contributed by atoms with van der Waals surface area (Å²) >= 11 is 0. The molecule has 3 aromatic rings. The van der Waals surface area contributed by atoms with Crippen LogP contribution >= 0.6 is 0 Å². The predicted molar refractivity (Wildman–Crippen MR) is 113 cm³/mol. The maximum atomic E-state index is 12.7. The first-order valence-electron chi connectivity index (χ1n) is 9.41. The van der Waals surface area contributed by atoms with E-state index in [4.69, 9.17) is 4.74 Å². The van der Waals surface area contributed by atoms with Crippen LogP contribution in [0.5, 0.6) is 5.75 Å². The Morgan fingerprint density at radius 3 is 2.03 bits per heavy atom. The molecule has 0 saturated carbocycles. The van der Waals surface area contributed by atoms with Crippen LogP contribution in [0.25, 0.3) is 0 Å². The summed E-state index contributed by atoms with van der Waals surface area (Å²) in [6.07, 6.45) is 0. The molecule has 148 valence electrons. The minimum absolute atomic E-state index is 0.176. The lowest BCUT2D eigenvalue weighted by Gasteiger charge is -2.20. The summed E-state index contributed by atoms with van der Waals surface area (Å²) < 4.78 is 5.13. The first-order chi connectivity index (χ1) is 14.1. The van der Waals surface area contributed by atoms with Crippen LogP contribution in [0.3, 0.4) is 0 Å². The number of amides is 2. The molecule has 0 aromatic heterocycles. The Balaban J connectivity index is 1.71. The number of methoxy groups -OCH3 is 1. The molecule has 0 aliphatic carbocycles. The number of hydrogen-bond donors (Lipinski definition) is 2. The number of hydrogen-bond acceptors (Lipinski definition) is 3. The number of rotatable bonds is 7. The first-order valence-corrected chi connectivity index (χ1v) is 9.41. The molecule has 3 rings (SSSR count). The van der Waals surface area contributed by atoms with Gasteiger partial charge >= 0.3 is 0 Å². The molecule has 0 heterocycles. The Hall–Kier alpha value is -3.60. The zero-order valence-electron chi connectivity index (χ0n) is 16.5. The molecule has 0 radical (unpaired) electrons. The van der Waals surface area contributed by atoms with Crippen molar-refractivity contribution in [3.8, 4) is 5.75 Å². The lowest BCUT2D eigenvalue weighted by atomic mass is 10.1. The molecule has 2 N–H and O–H groups in total. The molecule has 1 atom stereocenters. The van der Waals surface area contributed by atoms with E-state index in [1.54, 1.807) is 43.5 Å². The van der Waals surface area contributed by atoms with Crippen molar-refractivity contribution in [3.63, 3.8) is 0 Å². The predicted octanol–water partition coefficient (Wildman–Crippen LogP) is 3.90. The Labute approximate surface area is 170 Å². The topological polar surface area (TPSA) is 67.4 Å².